The lowest BCUT2D eigenvalue weighted by Crippen LogP contribution is -2.51. The molecule has 2 unspecified atom stereocenters. The van der Waals surface area contributed by atoms with Gasteiger partial charge in [-0.05, 0) is 45.2 Å². The van der Waals surface area contributed by atoms with Gasteiger partial charge in [-0.3, -0.25) is 4.79 Å². The van der Waals surface area contributed by atoms with Crippen LogP contribution in [0.2, 0.25) is 0 Å². The number of ether oxygens (including phenoxy) is 1. The molecule has 2 rings (SSSR count). The number of hydrogen-bond donors (Lipinski definition) is 1. The van der Waals surface area contributed by atoms with E-state index in [1.165, 1.54) is 4.90 Å². The Balaban J connectivity index is 2.28. The van der Waals surface area contributed by atoms with E-state index in [2.05, 4.69) is 9.50 Å². The highest BCUT2D eigenvalue weighted by atomic mass is 32.2. The van der Waals surface area contributed by atoms with Crippen molar-refractivity contribution in [2.45, 2.75) is 63.2 Å². The lowest BCUT2D eigenvalue weighted by Gasteiger charge is -2.28. The van der Waals surface area contributed by atoms with E-state index in [4.69, 9.17) is 4.74 Å². The van der Waals surface area contributed by atoms with Gasteiger partial charge < -0.3 is 19.1 Å². The summed E-state index contributed by atoms with van der Waals surface area (Å²) in [5.74, 6) is -2.77. The molecule has 1 aromatic carbocycles. The largest absolute Gasteiger partial charge is 0.534 e. The zero-order valence-corrected chi connectivity index (χ0v) is 19.3. The molecule has 1 aliphatic rings. The maximum Gasteiger partial charge on any atom is 0.534 e. The molecule has 1 N–H and O–H groups in total. The number of carbonyl (C=O) groups excluding carboxylic acids is 2. The van der Waals surface area contributed by atoms with Gasteiger partial charge in [-0.1, -0.05) is 6.07 Å². The molecular formula is C20H23F4N3O6S. The summed E-state index contributed by atoms with van der Waals surface area (Å²) in [7, 11) is -6.00. The first-order chi connectivity index (χ1) is 15.5. The number of benzene rings is 1. The van der Waals surface area contributed by atoms with E-state index in [1.54, 1.807) is 20.8 Å². The smallest absolute Gasteiger partial charge is 0.444 e. The minimum absolute atomic E-state index is 0.223. The standard InChI is InChI=1S/C20H23F4N3O6S/c1-19(2,3)32-18(29)26-16(17(28)27-8-4-5-13(27)11-25)9-12-6-7-14(10-15(12)21)33-34(30,31)20(22,23)24/h6-7,10,13,16H,4-5,8-9H2,1-3H3,(H,26,29). The van der Waals surface area contributed by atoms with Crippen LogP contribution in [-0.4, -0.2) is 55.1 Å². The molecule has 1 fully saturated rings. The van der Waals surface area contributed by atoms with E-state index >= 15 is 0 Å². The Hall–Kier alpha value is -3.08. The van der Waals surface area contributed by atoms with Gasteiger partial charge >= 0.3 is 21.7 Å². The second-order valence-electron chi connectivity index (χ2n) is 8.46. The van der Waals surface area contributed by atoms with Crippen molar-refractivity contribution in [2.75, 3.05) is 6.54 Å². The zero-order valence-electron chi connectivity index (χ0n) is 18.5. The molecule has 0 radical (unpaired) electrons. The highest BCUT2D eigenvalue weighted by molar-refractivity contribution is 7.88. The number of nitriles is 1. The summed E-state index contributed by atoms with van der Waals surface area (Å²) in [6, 6.07) is 2.01. The van der Waals surface area contributed by atoms with Crippen LogP contribution in [0.1, 0.15) is 39.2 Å². The number of rotatable bonds is 6. The molecule has 1 heterocycles. The number of amides is 2. The average Bonchev–Trinajstić information content (AvgIpc) is 3.15. The minimum atomic E-state index is -6.00. The van der Waals surface area contributed by atoms with Gasteiger partial charge in [0.2, 0.25) is 5.91 Å². The van der Waals surface area contributed by atoms with Crippen LogP contribution in [0.3, 0.4) is 0 Å². The first kappa shape index (κ1) is 27.2. The quantitative estimate of drug-likeness (QED) is 0.355. The van der Waals surface area contributed by atoms with Crippen molar-refractivity contribution in [3.63, 3.8) is 0 Å². The molecule has 0 aromatic heterocycles. The van der Waals surface area contributed by atoms with Crippen LogP contribution in [0.15, 0.2) is 18.2 Å². The van der Waals surface area contributed by atoms with Gasteiger partial charge in [-0.2, -0.15) is 26.9 Å². The van der Waals surface area contributed by atoms with Gasteiger partial charge in [-0.15, -0.1) is 0 Å². The van der Waals surface area contributed by atoms with Crippen LogP contribution >= 0.6 is 0 Å². The molecule has 1 aliphatic heterocycles. The fraction of sp³-hybridized carbons (Fsp3) is 0.550. The predicted molar refractivity (Wildman–Crippen MR) is 109 cm³/mol. The summed E-state index contributed by atoms with van der Waals surface area (Å²) in [6.07, 6.45) is -0.451. The Kier molecular flexibility index (Phi) is 8.02. The molecule has 2 amide bonds. The van der Waals surface area contributed by atoms with Gasteiger partial charge in [-0.25, -0.2) is 9.18 Å². The predicted octanol–water partition coefficient (Wildman–Crippen LogP) is 3.00. The summed E-state index contributed by atoms with van der Waals surface area (Å²) < 4.78 is 83.3. The van der Waals surface area contributed by atoms with Gasteiger partial charge in [0.25, 0.3) is 0 Å². The monoisotopic (exact) mass is 509 g/mol. The molecule has 188 valence electrons. The fourth-order valence-electron chi connectivity index (χ4n) is 3.15. The number of alkyl halides is 3. The van der Waals surface area contributed by atoms with E-state index in [0.29, 0.717) is 18.9 Å². The number of likely N-dealkylation sites (tertiary alicyclic amines) is 1. The van der Waals surface area contributed by atoms with Gasteiger partial charge in [0.15, 0.2) is 0 Å². The van der Waals surface area contributed by atoms with Crippen molar-refractivity contribution < 1.29 is 44.5 Å². The maximum absolute atomic E-state index is 14.6. The van der Waals surface area contributed by atoms with E-state index < -0.39 is 63.3 Å². The molecule has 1 aromatic rings. The SMILES string of the molecule is CC(C)(C)OC(=O)NC(Cc1ccc(OS(=O)(=O)C(F)(F)F)cc1F)C(=O)N1CCCC1C#N. The number of halogens is 4. The second kappa shape index (κ2) is 10.0. The summed E-state index contributed by atoms with van der Waals surface area (Å²) in [6.45, 7) is 5.00. The fourth-order valence-corrected chi connectivity index (χ4v) is 3.61. The van der Waals surface area contributed by atoms with Crippen LogP contribution in [0, 0.1) is 17.1 Å². The first-order valence-corrected chi connectivity index (χ1v) is 11.4. The summed E-state index contributed by atoms with van der Waals surface area (Å²) in [5, 5.41) is 11.6. The average molecular weight is 509 g/mol. The van der Waals surface area contributed by atoms with E-state index in [0.717, 1.165) is 12.1 Å². The van der Waals surface area contributed by atoms with Crippen LogP contribution < -0.4 is 9.50 Å². The molecule has 0 saturated carbocycles. The van der Waals surface area contributed by atoms with Crippen molar-refractivity contribution in [3.8, 4) is 11.8 Å². The lowest BCUT2D eigenvalue weighted by atomic mass is 10.0. The van der Waals surface area contributed by atoms with Crippen LogP contribution in [0.4, 0.5) is 22.4 Å². The number of nitrogens with zero attached hydrogens (tertiary/aromatic N) is 2. The van der Waals surface area contributed by atoms with E-state index in [9.17, 15) is 40.8 Å². The summed E-state index contributed by atoms with van der Waals surface area (Å²) in [4.78, 5) is 26.6. The Morgan fingerprint density at radius 3 is 2.47 bits per heavy atom. The minimum Gasteiger partial charge on any atom is -0.444 e. The first-order valence-electron chi connectivity index (χ1n) is 10.0. The topological polar surface area (TPSA) is 126 Å². The third-order valence-electron chi connectivity index (χ3n) is 4.61. The molecular weight excluding hydrogens is 486 g/mol. The molecule has 14 heteroatoms. The second-order valence-corrected chi connectivity index (χ2v) is 10.00. The molecule has 34 heavy (non-hydrogen) atoms. The van der Waals surface area contributed by atoms with Crippen molar-refractivity contribution >= 4 is 22.1 Å². The molecule has 0 spiro atoms. The third-order valence-corrected chi connectivity index (χ3v) is 5.59. The molecule has 9 nitrogen and oxygen atoms in total. The molecule has 2 atom stereocenters. The number of hydrogen-bond acceptors (Lipinski definition) is 7. The van der Waals surface area contributed by atoms with E-state index in [-0.39, 0.29) is 12.1 Å². The van der Waals surface area contributed by atoms with Crippen LogP contribution in [0.5, 0.6) is 5.75 Å². The number of nitrogens with one attached hydrogen (secondary N) is 1. The lowest BCUT2D eigenvalue weighted by molar-refractivity contribution is -0.133. The Morgan fingerprint density at radius 2 is 1.94 bits per heavy atom. The third kappa shape index (κ3) is 6.96. The summed E-state index contributed by atoms with van der Waals surface area (Å²) in [5.41, 5.74) is -6.84. The summed E-state index contributed by atoms with van der Waals surface area (Å²) >= 11 is 0. The van der Waals surface area contributed by atoms with Crippen molar-refractivity contribution in [3.05, 3.63) is 29.6 Å². The Bertz CT molecular complexity index is 1080. The Morgan fingerprint density at radius 1 is 1.29 bits per heavy atom. The normalized spacial score (nSPS) is 17.6. The van der Waals surface area contributed by atoms with E-state index in [1.807, 2.05) is 6.07 Å². The Labute approximate surface area is 193 Å². The van der Waals surface area contributed by atoms with Crippen molar-refractivity contribution in [2.24, 2.45) is 0 Å². The number of alkyl carbamates (subject to hydrolysis) is 1. The van der Waals surface area contributed by atoms with Crippen molar-refractivity contribution in [1.29, 1.82) is 5.26 Å². The molecule has 1 saturated heterocycles. The zero-order chi connectivity index (χ0) is 25.9. The maximum atomic E-state index is 14.6. The highest BCUT2D eigenvalue weighted by Gasteiger charge is 2.48. The highest BCUT2D eigenvalue weighted by Crippen LogP contribution is 2.28. The molecule has 0 bridgehead atoms. The number of carbonyl (C=O) groups is 2. The van der Waals surface area contributed by atoms with Gasteiger partial charge in [0.1, 0.15) is 29.3 Å². The van der Waals surface area contributed by atoms with Gasteiger partial charge in [0.05, 0.1) is 6.07 Å². The van der Waals surface area contributed by atoms with Crippen molar-refractivity contribution in [1.82, 2.24) is 10.2 Å². The van der Waals surface area contributed by atoms with Gasteiger partial charge in [0, 0.05) is 19.0 Å². The van der Waals surface area contributed by atoms with Crippen LogP contribution in [0.25, 0.3) is 0 Å². The molecule has 0 aliphatic carbocycles. The van der Waals surface area contributed by atoms with Crippen LogP contribution in [-0.2, 0) is 26.1 Å².